The molecule has 1 aromatic heterocycles. The Kier molecular flexibility index (Phi) is 3.39. The van der Waals surface area contributed by atoms with Gasteiger partial charge in [0.25, 0.3) is 0 Å². The first kappa shape index (κ1) is 13.2. The molecule has 4 aromatic rings. The summed E-state index contributed by atoms with van der Waals surface area (Å²) in [4.78, 5) is 1.26. The molecule has 0 aliphatic heterocycles. The van der Waals surface area contributed by atoms with Crippen LogP contribution in [0.1, 0.15) is 0 Å². The van der Waals surface area contributed by atoms with Crippen molar-refractivity contribution in [1.29, 1.82) is 0 Å². The molecule has 0 aliphatic rings. The van der Waals surface area contributed by atoms with Crippen LogP contribution in [0.15, 0.2) is 76.0 Å². The van der Waals surface area contributed by atoms with E-state index in [-0.39, 0.29) is 0 Å². The molecular weight excluding hydrogens is 391 g/mol. The van der Waals surface area contributed by atoms with Gasteiger partial charge in [0.1, 0.15) is 11.2 Å². The van der Waals surface area contributed by atoms with Gasteiger partial charge in [0, 0.05) is 42.4 Å². The standard InChI is InChI=1S/C18H11IOS/c19-21-13-10-8-12(9-11-13)14-5-3-6-16-15-4-1-2-7-17(15)20-18(14)16/h1-11H. The highest BCUT2D eigenvalue weighted by molar-refractivity contribution is 14.2. The molecule has 0 saturated carbocycles. The molecule has 102 valence electrons. The minimum Gasteiger partial charge on any atom is -0.455 e. The van der Waals surface area contributed by atoms with Gasteiger partial charge in [0.15, 0.2) is 0 Å². The fourth-order valence-corrected chi connectivity index (χ4v) is 3.78. The minimum absolute atomic E-state index is 0.944. The summed E-state index contributed by atoms with van der Waals surface area (Å²) in [6, 6.07) is 23.1. The number of fused-ring (bicyclic) bond motifs is 3. The zero-order valence-electron chi connectivity index (χ0n) is 11.0. The number of para-hydroxylation sites is 2. The molecular formula is C18H11IOS. The fourth-order valence-electron chi connectivity index (χ4n) is 2.66. The zero-order valence-corrected chi connectivity index (χ0v) is 14.0. The third-order valence-corrected chi connectivity index (χ3v) is 5.63. The lowest BCUT2D eigenvalue weighted by atomic mass is 10.0. The number of furan rings is 1. The third-order valence-electron chi connectivity index (χ3n) is 3.66. The van der Waals surface area contributed by atoms with Gasteiger partial charge in [0.2, 0.25) is 0 Å². The van der Waals surface area contributed by atoms with E-state index < -0.39 is 0 Å². The second-order valence-electron chi connectivity index (χ2n) is 4.88. The Hall–Kier alpha value is -1.46. The van der Waals surface area contributed by atoms with Gasteiger partial charge in [-0.25, -0.2) is 0 Å². The van der Waals surface area contributed by atoms with Crippen molar-refractivity contribution in [3.05, 3.63) is 66.7 Å². The first-order valence-corrected chi connectivity index (χ1v) is 10.0. The van der Waals surface area contributed by atoms with Crippen molar-refractivity contribution in [1.82, 2.24) is 0 Å². The van der Waals surface area contributed by atoms with E-state index in [0.29, 0.717) is 0 Å². The molecule has 0 N–H and O–H groups in total. The zero-order chi connectivity index (χ0) is 14.2. The summed E-state index contributed by atoms with van der Waals surface area (Å²) in [5.41, 5.74) is 4.25. The lowest BCUT2D eigenvalue weighted by Gasteiger charge is -2.03. The van der Waals surface area contributed by atoms with Crippen LogP contribution in [-0.2, 0) is 0 Å². The van der Waals surface area contributed by atoms with Crippen molar-refractivity contribution < 1.29 is 4.42 Å². The van der Waals surface area contributed by atoms with E-state index in [2.05, 4.69) is 75.8 Å². The van der Waals surface area contributed by atoms with E-state index in [9.17, 15) is 0 Å². The molecule has 4 rings (SSSR count). The fraction of sp³-hybridized carbons (Fsp3) is 0. The Bertz CT molecular complexity index is 925. The molecule has 0 aliphatic carbocycles. The predicted octanol–water partition coefficient (Wildman–Crippen LogP) is 6.70. The Morgan fingerprint density at radius 3 is 2.33 bits per heavy atom. The average molecular weight is 402 g/mol. The molecule has 21 heavy (non-hydrogen) atoms. The second kappa shape index (κ2) is 5.39. The van der Waals surface area contributed by atoms with Crippen LogP contribution in [0.4, 0.5) is 0 Å². The van der Waals surface area contributed by atoms with Crippen LogP contribution in [-0.4, -0.2) is 0 Å². The van der Waals surface area contributed by atoms with E-state index in [1.54, 1.807) is 8.93 Å². The summed E-state index contributed by atoms with van der Waals surface area (Å²) >= 11 is 2.30. The van der Waals surface area contributed by atoms with E-state index in [1.807, 2.05) is 12.1 Å². The number of halogens is 1. The first-order valence-electron chi connectivity index (χ1n) is 6.66. The van der Waals surface area contributed by atoms with Gasteiger partial charge in [-0.1, -0.05) is 57.5 Å². The number of hydrogen-bond donors (Lipinski definition) is 0. The first-order chi connectivity index (χ1) is 10.4. The van der Waals surface area contributed by atoms with E-state index in [4.69, 9.17) is 4.42 Å². The van der Waals surface area contributed by atoms with Gasteiger partial charge in [-0.05, 0) is 23.8 Å². The maximum absolute atomic E-state index is 6.09. The smallest absolute Gasteiger partial charge is 0.143 e. The summed E-state index contributed by atoms with van der Waals surface area (Å²) in [7, 11) is 1.73. The van der Waals surface area contributed by atoms with Gasteiger partial charge < -0.3 is 4.42 Å². The van der Waals surface area contributed by atoms with Crippen LogP contribution in [0.3, 0.4) is 0 Å². The topological polar surface area (TPSA) is 13.1 Å². The molecule has 0 saturated heterocycles. The Morgan fingerprint density at radius 2 is 1.52 bits per heavy atom. The number of hydrogen-bond acceptors (Lipinski definition) is 2. The lowest BCUT2D eigenvalue weighted by molar-refractivity contribution is 0.670. The summed E-state index contributed by atoms with van der Waals surface area (Å²) in [6.45, 7) is 0. The maximum atomic E-state index is 6.09. The molecule has 0 amide bonds. The van der Waals surface area contributed by atoms with Crippen LogP contribution < -0.4 is 0 Å². The Morgan fingerprint density at radius 1 is 0.762 bits per heavy atom. The van der Waals surface area contributed by atoms with Gasteiger partial charge in [-0.15, -0.1) is 0 Å². The van der Waals surface area contributed by atoms with Gasteiger partial charge in [-0.3, -0.25) is 0 Å². The second-order valence-corrected chi connectivity index (χ2v) is 6.83. The Labute approximate surface area is 138 Å². The van der Waals surface area contributed by atoms with Gasteiger partial charge >= 0.3 is 0 Å². The lowest BCUT2D eigenvalue weighted by Crippen LogP contribution is -1.78. The van der Waals surface area contributed by atoms with Crippen LogP contribution in [0, 0.1) is 0 Å². The van der Waals surface area contributed by atoms with Crippen molar-refractivity contribution in [2.24, 2.45) is 0 Å². The number of benzene rings is 3. The van der Waals surface area contributed by atoms with Gasteiger partial charge in [-0.2, -0.15) is 0 Å². The van der Waals surface area contributed by atoms with E-state index in [1.165, 1.54) is 21.2 Å². The molecule has 1 nitrogen and oxygen atoms in total. The van der Waals surface area contributed by atoms with Crippen molar-refractivity contribution in [3.63, 3.8) is 0 Å². The van der Waals surface area contributed by atoms with Crippen LogP contribution in [0.25, 0.3) is 33.1 Å². The average Bonchev–Trinajstić information content (AvgIpc) is 2.94. The molecule has 1 heterocycles. The predicted molar refractivity (Wildman–Crippen MR) is 99.0 cm³/mol. The van der Waals surface area contributed by atoms with Crippen molar-refractivity contribution in [3.8, 4) is 11.1 Å². The third kappa shape index (κ3) is 2.24. The maximum Gasteiger partial charge on any atom is 0.143 e. The summed E-state index contributed by atoms with van der Waals surface area (Å²) in [6.07, 6.45) is 0. The summed E-state index contributed by atoms with van der Waals surface area (Å²) in [5.74, 6) is 0. The molecule has 0 atom stereocenters. The normalized spacial score (nSPS) is 11.3. The largest absolute Gasteiger partial charge is 0.455 e. The molecule has 0 radical (unpaired) electrons. The molecule has 0 spiro atoms. The van der Waals surface area contributed by atoms with Crippen molar-refractivity contribution >= 4 is 52.1 Å². The summed E-state index contributed by atoms with van der Waals surface area (Å²) < 4.78 is 6.09. The SMILES string of the molecule is ISc1ccc(-c2cccc3c2oc2ccccc23)cc1. The molecule has 0 bridgehead atoms. The Balaban J connectivity index is 1.99. The van der Waals surface area contributed by atoms with E-state index in [0.717, 1.165) is 16.7 Å². The van der Waals surface area contributed by atoms with Crippen molar-refractivity contribution in [2.45, 2.75) is 4.90 Å². The van der Waals surface area contributed by atoms with Crippen LogP contribution >= 0.6 is 30.1 Å². The quantitative estimate of drug-likeness (QED) is 0.347. The molecule has 3 aromatic carbocycles. The number of rotatable bonds is 2. The monoisotopic (exact) mass is 402 g/mol. The van der Waals surface area contributed by atoms with Gasteiger partial charge in [0.05, 0.1) is 0 Å². The summed E-state index contributed by atoms with van der Waals surface area (Å²) in [5, 5.41) is 2.35. The molecule has 0 unspecified atom stereocenters. The van der Waals surface area contributed by atoms with Crippen molar-refractivity contribution in [2.75, 3.05) is 0 Å². The van der Waals surface area contributed by atoms with E-state index >= 15 is 0 Å². The highest BCUT2D eigenvalue weighted by Crippen LogP contribution is 2.36. The molecule has 0 fully saturated rings. The molecule has 3 heteroatoms. The minimum atomic E-state index is 0.944. The highest BCUT2D eigenvalue weighted by Gasteiger charge is 2.11. The van der Waals surface area contributed by atoms with Crippen LogP contribution in [0.2, 0.25) is 0 Å². The highest BCUT2D eigenvalue weighted by atomic mass is 127. The van der Waals surface area contributed by atoms with Crippen LogP contribution in [0.5, 0.6) is 0 Å².